The van der Waals surface area contributed by atoms with Crippen LogP contribution in [0.5, 0.6) is 0 Å². The van der Waals surface area contributed by atoms with Crippen molar-refractivity contribution in [2.45, 2.75) is 0 Å². The van der Waals surface area contributed by atoms with Crippen molar-refractivity contribution in [3.63, 3.8) is 0 Å². The van der Waals surface area contributed by atoms with E-state index in [0.29, 0.717) is 0 Å². The van der Waals surface area contributed by atoms with Crippen LogP contribution < -0.4 is 0 Å². The van der Waals surface area contributed by atoms with Gasteiger partial charge in [0.1, 0.15) is 0 Å². The second-order valence-electron chi connectivity index (χ2n) is 0. The molecule has 0 amide bonds. The van der Waals surface area contributed by atoms with Crippen molar-refractivity contribution in [1.29, 1.82) is 31.6 Å². The standard InChI is InChI=1S/6CN.Ca.Ru/c6*1-2;;/q6*-1;+2;+4. The molecular weight excluding hydrogens is 297 g/mol. The van der Waals surface area contributed by atoms with Gasteiger partial charge in [-0.15, -0.1) is 0 Å². The van der Waals surface area contributed by atoms with E-state index >= 15 is 0 Å². The zero-order valence-corrected chi connectivity index (χ0v) is 10.7. The largest absolute Gasteiger partial charge is 4.00 e. The first-order chi connectivity index (χ1) is 6.00. The van der Waals surface area contributed by atoms with Crippen LogP contribution in [-0.4, -0.2) is 37.7 Å². The molecule has 0 aliphatic rings. The minimum atomic E-state index is 0. The van der Waals surface area contributed by atoms with Gasteiger partial charge >= 0.3 is 57.2 Å². The van der Waals surface area contributed by atoms with Gasteiger partial charge in [0.2, 0.25) is 0 Å². The maximum absolute atomic E-state index is 6.25. The summed E-state index contributed by atoms with van der Waals surface area (Å²) in [5, 5.41) is 37.5. The van der Waals surface area contributed by atoms with Gasteiger partial charge in [-0.05, 0) is 0 Å². The molecule has 14 heavy (non-hydrogen) atoms. The van der Waals surface area contributed by atoms with Crippen molar-refractivity contribution in [2.24, 2.45) is 0 Å². The van der Waals surface area contributed by atoms with E-state index in [1.807, 2.05) is 0 Å². The van der Waals surface area contributed by atoms with E-state index in [4.69, 9.17) is 71.0 Å². The number of hydrogen-bond donors (Lipinski definition) is 0. The maximum Gasteiger partial charge on any atom is 4.00 e. The van der Waals surface area contributed by atoms with Crippen molar-refractivity contribution in [3.8, 4) is 0 Å². The van der Waals surface area contributed by atoms with Gasteiger partial charge in [-0.3, -0.25) is 0 Å². The molecule has 0 N–H and O–H groups in total. The number of nitrogens with zero attached hydrogens (tertiary/aromatic N) is 6. The third-order valence-electron chi connectivity index (χ3n) is 0. The number of rotatable bonds is 0. The first-order valence-corrected chi connectivity index (χ1v) is 1.34. The third-order valence-corrected chi connectivity index (χ3v) is 0. The van der Waals surface area contributed by atoms with Crippen molar-refractivity contribution >= 4 is 37.7 Å². The molecule has 0 rings (SSSR count). The van der Waals surface area contributed by atoms with Gasteiger partial charge in [0.05, 0.1) is 0 Å². The van der Waals surface area contributed by atoms with E-state index in [1.165, 1.54) is 0 Å². The molecule has 0 bridgehead atoms. The molecule has 0 aromatic rings. The molecule has 0 aromatic carbocycles. The van der Waals surface area contributed by atoms with E-state index in [1.54, 1.807) is 0 Å². The predicted molar refractivity (Wildman–Crippen MR) is 35.6 cm³/mol. The van der Waals surface area contributed by atoms with E-state index in [-0.39, 0.29) is 57.2 Å². The molecular formula is C6CaN6Ru. The molecule has 0 aliphatic carbocycles. The molecule has 0 saturated carbocycles. The molecule has 0 saturated heterocycles. The Balaban J connectivity index is -0.00000000500. The van der Waals surface area contributed by atoms with Gasteiger partial charge in [-0.25, -0.2) is 0 Å². The van der Waals surface area contributed by atoms with Gasteiger partial charge in [0.25, 0.3) is 0 Å². The summed E-state index contributed by atoms with van der Waals surface area (Å²) in [6.45, 7) is 28.5. The summed E-state index contributed by atoms with van der Waals surface area (Å²) in [7, 11) is 0. The molecule has 0 spiro atoms. The Kier molecular flexibility index (Phi) is 5500. The Morgan fingerprint density at radius 1 is 0.357 bits per heavy atom. The van der Waals surface area contributed by atoms with Crippen molar-refractivity contribution in [3.05, 3.63) is 39.4 Å². The van der Waals surface area contributed by atoms with Crippen molar-refractivity contribution in [2.75, 3.05) is 0 Å². The number of hydrogen-bond acceptors (Lipinski definition) is 6. The van der Waals surface area contributed by atoms with Crippen LogP contribution in [0.15, 0.2) is 0 Å². The third kappa shape index (κ3) is 754. The second-order valence-corrected chi connectivity index (χ2v) is 0. The van der Waals surface area contributed by atoms with E-state index in [0.717, 1.165) is 0 Å². The van der Waals surface area contributed by atoms with Crippen LogP contribution in [-0.2, 0) is 19.5 Å². The van der Waals surface area contributed by atoms with Gasteiger partial charge < -0.3 is 71.0 Å². The van der Waals surface area contributed by atoms with Crippen molar-refractivity contribution < 1.29 is 19.5 Å². The summed E-state index contributed by atoms with van der Waals surface area (Å²) in [6.07, 6.45) is 0. The van der Waals surface area contributed by atoms with Crippen LogP contribution >= 0.6 is 0 Å². The second kappa shape index (κ2) is 1000. The Bertz CT molecular complexity index is 97.3. The smallest absolute Gasteiger partial charge is 0.512 e. The minimum Gasteiger partial charge on any atom is -0.512 e. The molecule has 0 aromatic heterocycles. The van der Waals surface area contributed by atoms with E-state index in [2.05, 4.69) is 0 Å². The molecule has 0 unspecified atom stereocenters. The maximum atomic E-state index is 6.25. The Hall–Kier alpha value is -1.18. The molecule has 6 nitrogen and oxygen atoms in total. The fourth-order valence-electron chi connectivity index (χ4n) is 0. The Morgan fingerprint density at radius 2 is 0.357 bits per heavy atom. The zero-order chi connectivity index (χ0) is 12.0. The molecule has 8 heteroatoms. The molecule has 64 valence electrons. The normalized spacial score (nSPS) is 0.857. The fraction of sp³-hybridized carbons (Fsp3) is 0. The first-order valence-electron chi connectivity index (χ1n) is 1.34. The summed E-state index contributed by atoms with van der Waals surface area (Å²) in [4.78, 5) is 0. The fourth-order valence-corrected chi connectivity index (χ4v) is 0. The molecule has 0 radical (unpaired) electrons. The summed E-state index contributed by atoms with van der Waals surface area (Å²) >= 11 is 0. The van der Waals surface area contributed by atoms with Crippen LogP contribution in [0.2, 0.25) is 0 Å². The zero-order valence-electron chi connectivity index (χ0n) is 6.74. The summed E-state index contributed by atoms with van der Waals surface area (Å²) in [5.41, 5.74) is 0. The molecule has 0 heterocycles. The SMILES string of the molecule is [C-]#N.[C-]#N.[C-]#N.[C-]#N.[C-]#N.[C-]#N.[Ca+2].[Ru+4]. The van der Waals surface area contributed by atoms with Gasteiger partial charge in [0.15, 0.2) is 0 Å². The van der Waals surface area contributed by atoms with E-state index < -0.39 is 0 Å². The first kappa shape index (κ1) is 77.1. The van der Waals surface area contributed by atoms with Gasteiger partial charge in [-0.2, -0.15) is 0 Å². The molecule has 0 fully saturated rings. The summed E-state index contributed by atoms with van der Waals surface area (Å²) < 4.78 is 0. The monoisotopic (exact) mass is 298 g/mol. The quantitative estimate of drug-likeness (QED) is 0.461. The van der Waals surface area contributed by atoms with Crippen LogP contribution in [0.1, 0.15) is 0 Å². The van der Waals surface area contributed by atoms with Gasteiger partial charge in [-0.1, -0.05) is 0 Å². The average molecular weight is 297 g/mol. The van der Waals surface area contributed by atoms with Crippen LogP contribution in [0.25, 0.3) is 0 Å². The van der Waals surface area contributed by atoms with E-state index in [9.17, 15) is 0 Å². The Morgan fingerprint density at radius 3 is 0.357 bits per heavy atom. The minimum absolute atomic E-state index is 0. The predicted octanol–water partition coefficient (Wildman–Crippen LogP) is 0.195. The van der Waals surface area contributed by atoms with Crippen LogP contribution in [0.4, 0.5) is 0 Å². The molecule has 0 atom stereocenters. The summed E-state index contributed by atoms with van der Waals surface area (Å²) in [6, 6.07) is 0. The average Bonchev–Trinajstić information content (AvgIpc) is 2.33. The van der Waals surface area contributed by atoms with Crippen LogP contribution in [0.3, 0.4) is 0 Å². The van der Waals surface area contributed by atoms with Gasteiger partial charge in [0, 0.05) is 0 Å². The Labute approximate surface area is 127 Å². The summed E-state index contributed by atoms with van der Waals surface area (Å²) in [5.74, 6) is 0. The van der Waals surface area contributed by atoms with Crippen molar-refractivity contribution in [1.82, 2.24) is 0 Å². The van der Waals surface area contributed by atoms with Crippen LogP contribution in [0, 0.1) is 71.0 Å². The topological polar surface area (TPSA) is 143 Å². The molecule has 0 aliphatic heterocycles.